The Morgan fingerprint density at radius 2 is 1.67 bits per heavy atom. The number of carbonyl (C=O) groups excluding carboxylic acids is 2. The van der Waals surface area contributed by atoms with Gasteiger partial charge in [-0.3, -0.25) is 9.80 Å². The van der Waals surface area contributed by atoms with Gasteiger partial charge in [0, 0.05) is 13.1 Å². The minimum absolute atomic E-state index is 0.128. The number of amides is 4. The van der Waals surface area contributed by atoms with Crippen molar-refractivity contribution in [2.75, 3.05) is 19.6 Å². The molecule has 6 heteroatoms. The van der Waals surface area contributed by atoms with Crippen molar-refractivity contribution in [2.24, 2.45) is 0 Å². The molecule has 0 aromatic rings. The molecule has 1 heterocycles. The first-order chi connectivity index (χ1) is 10.1. The van der Waals surface area contributed by atoms with Crippen LogP contribution in [0.1, 0.15) is 32.6 Å². The fourth-order valence-electron chi connectivity index (χ4n) is 2.27. The molecular formula is C15H25N3O3. The SMILES string of the molecule is C=CCN1C(=O)N(CC=C)C(O)N(CCCCCC)C1=O. The highest BCUT2D eigenvalue weighted by atomic mass is 16.3. The molecule has 1 N–H and O–H groups in total. The third-order valence-corrected chi connectivity index (χ3v) is 3.40. The largest absolute Gasteiger partial charge is 0.356 e. The summed E-state index contributed by atoms with van der Waals surface area (Å²) in [6.45, 7) is 9.99. The lowest BCUT2D eigenvalue weighted by Gasteiger charge is -2.44. The molecule has 4 amide bonds. The quantitative estimate of drug-likeness (QED) is 0.524. The molecule has 6 nitrogen and oxygen atoms in total. The van der Waals surface area contributed by atoms with Gasteiger partial charge in [0.2, 0.25) is 6.35 Å². The monoisotopic (exact) mass is 295 g/mol. The van der Waals surface area contributed by atoms with Gasteiger partial charge in [-0.2, -0.15) is 0 Å². The summed E-state index contributed by atoms with van der Waals surface area (Å²) in [5, 5.41) is 10.3. The van der Waals surface area contributed by atoms with E-state index in [0.29, 0.717) is 6.54 Å². The van der Waals surface area contributed by atoms with Gasteiger partial charge in [-0.25, -0.2) is 14.5 Å². The number of hydrogen-bond donors (Lipinski definition) is 1. The molecule has 21 heavy (non-hydrogen) atoms. The Bertz CT molecular complexity index is 398. The van der Waals surface area contributed by atoms with Crippen LogP contribution in [0.25, 0.3) is 0 Å². The van der Waals surface area contributed by atoms with Gasteiger partial charge in [0.25, 0.3) is 0 Å². The molecule has 0 saturated carbocycles. The topological polar surface area (TPSA) is 64.1 Å². The molecule has 0 bridgehead atoms. The van der Waals surface area contributed by atoms with Crippen molar-refractivity contribution < 1.29 is 14.7 Å². The van der Waals surface area contributed by atoms with Crippen LogP contribution in [0.4, 0.5) is 9.59 Å². The molecule has 0 aromatic carbocycles. The van der Waals surface area contributed by atoms with Crippen molar-refractivity contribution in [1.82, 2.24) is 14.7 Å². The maximum atomic E-state index is 12.3. The molecule has 0 radical (unpaired) electrons. The number of urea groups is 2. The van der Waals surface area contributed by atoms with Crippen LogP contribution in [0.5, 0.6) is 0 Å². The van der Waals surface area contributed by atoms with Gasteiger partial charge >= 0.3 is 12.1 Å². The van der Waals surface area contributed by atoms with E-state index in [1.165, 1.54) is 22.0 Å². The molecule has 1 aliphatic heterocycles. The van der Waals surface area contributed by atoms with Crippen molar-refractivity contribution >= 4 is 12.1 Å². The predicted octanol–water partition coefficient (Wildman–Crippen LogP) is 2.37. The van der Waals surface area contributed by atoms with E-state index in [9.17, 15) is 14.7 Å². The van der Waals surface area contributed by atoms with Crippen molar-refractivity contribution in [3.05, 3.63) is 25.3 Å². The summed E-state index contributed by atoms with van der Waals surface area (Å²) in [5.41, 5.74) is 0. The van der Waals surface area contributed by atoms with Crippen LogP contribution in [0.3, 0.4) is 0 Å². The summed E-state index contributed by atoms with van der Waals surface area (Å²) >= 11 is 0. The van der Waals surface area contributed by atoms with Gasteiger partial charge in [0.1, 0.15) is 0 Å². The summed E-state index contributed by atoms with van der Waals surface area (Å²) in [5.74, 6) is 0. The molecule has 1 fully saturated rings. The first-order valence-electron chi connectivity index (χ1n) is 7.37. The Morgan fingerprint density at radius 3 is 2.24 bits per heavy atom. The van der Waals surface area contributed by atoms with Crippen LogP contribution in [-0.2, 0) is 0 Å². The van der Waals surface area contributed by atoms with Crippen LogP contribution in [0, 0.1) is 0 Å². The fourth-order valence-corrected chi connectivity index (χ4v) is 2.27. The smallest absolute Gasteiger partial charge is 0.332 e. The highest BCUT2D eigenvalue weighted by Crippen LogP contribution is 2.19. The lowest BCUT2D eigenvalue weighted by atomic mass is 10.2. The second-order valence-electron chi connectivity index (χ2n) is 5.01. The minimum atomic E-state index is -1.23. The Labute approximate surface area is 126 Å². The highest BCUT2D eigenvalue weighted by molar-refractivity contribution is 5.96. The molecule has 0 spiro atoms. The Hall–Kier alpha value is -1.82. The summed E-state index contributed by atoms with van der Waals surface area (Å²) in [4.78, 5) is 28.1. The molecule has 1 saturated heterocycles. The summed E-state index contributed by atoms with van der Waals surface area (Å²) in [6.07, 6.45) is 5.76. The Balaban J connectivity index is 2.82. The first-order valence-corrected chi connectivity index (χ1v) is 7.37. The first kappa shape index (κ1) is 17.2. The van der Waals surface area contributed by atoms with E-state index in [1.54, 1.807) is 0 Å². The third kappa shape index (κ3) is 4.07. The number of imide groups is 1. The van der Waals surface area contributed by atoms with Crippen molar-refractivity contribution in [3.63, 3.8) is 0 Å². The summed E-state index contributed by atoms with van der Waals surface area (Å²) < 4.78 is 0. The zero-order valence-corrected chi connectivity index (χ0v) is 12.7. The van der Waals surface area contributed by atoms with Crippen molar-refractivity contribution in [1.29, 1.82) is 0 Å². The van der Waals surface area contributed by atoms with Crippen molar-refractivity contribution in [2.45, 2.75) is 39.0 Å². The molecule has 1 rings (SSSR count). The van der Waals surface area contributed by atoms with Crippen LogP contribution >= 0.6 is 0 Å². The van der Waals surface area contributed by atoms with E-state index in [0.717, 1.165) is 30.6 Å². The van der Waals surface area contributed by atoms with Gasteiger partial charge in [-0.1, -0.05) is 38.3 Å². The molecule has 0 aliphatic carbocycles. The molecular weight excluding hydrogens is 270 g/mol. The van der Waals surface area contributed by atoms with Gasteiger partial charge in [0.15, 0.2) is 0 Å². The van der Waals surface area contributed by atoms with Crippen LogP contribution < -0.4 is 0 Å². The Morgan fingerprint density at radius 1 is 1.05 bits per heavy atom. The van der Waals surface area contributed by atoms with E-state index in [-0.39, 0.29) is 13.1 Å². The second kappa shape index (κ2) is 8.46. The van der Waals surface area contributed by atoms with E-state index in [2.05, 4.69) is 20.1 Å². The number of aliphatic hydroxyl groups excluding tert-OH is 1. The van der Waals surface area contributed by atoms with Crippen LogP contribution in [0.2, 0.25) is 0 Å². The maximum absolute atomic E-state index is 12.3. The number of aliphatic hydroxyl groups is 1. The number of nitrogens with zero attached hydrogens (tertiary/aromatic N) is 3. The average molecular weight is 295 g/mol. The molecule has 1 aliphatic rings. The Kier molecular flexibility index (Phi) is 6.94. The standard InChI is InChI=1S/C15H25N3O3/c1-4-7-8-9-12-18-14(20)16(10-5-2)13(19)17(11-6-3)15(18)21/h5-6,14,20H,2-4,7-12H2,1H3. The number of unbranched alkanes of at least 4 members (excludes halogenated alkanes) is 3. The zero-order chi connectivity index (χ0) is 15.8. The summed E-state index contributed by atoms with van der Waals surface area (Å²) in [7, 11) is 0. The lowest BCUT2D eigenvalue weighted by Crippen LogP contribution is -2.66. The van der Waals surface area contributed by atoms with Gasteiger partial charge < -0.3 is 5.11 Å². The van der Waals surface area contributed by atoms with E-state index in [4.69, 9.17) is 0 Å². The average Bonchev–Trinajstić information content (AvgIpc) is 2.47. The molecule has 118 valence electrons. The molecule has 1 atom stereocenters. The summed E-state index contributed by atoms with van der Waals surface area (Å²) in [6, 6.07) is -0.985. The van der Waals surface area contributed by atoms with E-state index in [1.807, 2.05) is 0 Å². The zero-order valence-electron chi connectivity index (χ0n) is 12.7. The van der Waals surface area contributed by atoms with Crippen LogP contribution in [0.15, 0.2) is 25.3 Å². The van der Waals surface area contributed by atoms with Gasteiger partial charge in [0.05, 0.1) is 6.54 Å². The second-order valence-corrected chi connectivity index (χ2v) is 5.01. The number of carbonyl (C=O) groups is 2. The van der Waals surface area contributed by atoms with Crippen molar-refractivity contribution in [3.8, 4) is 0 Å². The van der Waals surface area contributed by atoms with E-state index >= 15 is 0 Å². The molecule has 0 aromatic heterocycles. The third-order valence-electron chi connectivity index (χ3n) is 3.40. The normalized spacial score (nSPS) is 19.1. The maximum Gasteiger partial charge on any atom is 0.332 e. The minimum Gasteiger partial charge on any atom is -0.356 e. The number of hydrogen-bond acceptors (Lipinski definition) is 3. The lowest BCUT2D eigenvalue weighted by molar-refractivity contribution is -0.0881. The van der Waals surface area contributed by atoms with E-state index < -0.39 is 18.4 Å². The van der Waals surface area contributed by atoms with Gasteiger partial charge in [-0.15, -0.1) is 13.2 Å². The highest BCUT2D eigenvalue weighted by Gasteiger charge is 2.41. The van der Waals surface area contributed by atoms with Gasteiger partial charge in [-0.05, 0) is 6.42 Å². The number of rotatable bonds is 9. The molecule has 1 unspecified atom stereocenters. The predicted molar refractivity (Wildman–Crippen MR) is 81.5 cm³/mol. The van der Waals surface area contributed by atoms with Crippen LogP contribution in [-0.4, -0.2) is 57.9 Å². The fraction of sp³-hybridized carbons (Fsp3) is 0.600.